The average molecular weight is 437 g/mol. The zero-order chi connectivity index (χ0) is 21.8. The molecule has 0 radical (unpaired) electrons. The van der Waals surface area contributed by atoms with Crippen molar-refractivity contribution in [2.24, 2.45) is 0 Å². The van der Waals surface area contributed by atoms with Crippen molar-refractivity contribution in [1.82, 2.24) is 10.2 Å². The van der Waals surface area contributed by atoms with E-state index >= 15 is 0 Å². The third-order valence-corrected chi connectivity index (χ3v) is 4.93. The fourth-order valence-corrected chi connectivity index (χ4v) is 3.35. The van der Waals surface area contributed by atoms with Crippen molar-refractivity contribution in [1.29, 1.82) is 0 Å². The first-order chi connectivity index (χ1) is 15.0. The van der Waals surface area contributed by atoms with Gasteiger partial charge in [0.1, 0.15) is 23.8 Å². The predicted octanol–water partition coefficient (Wildman–Crippen LogP) is 6.12. The number of hydrogen-bond donors (Lipinski definition) is 2. The minimum atomic E-state index is 0.0278. The normalized spacial score (nSPS) is 10.7. The van der Waals surface area contributed by atoms with Gasteiger partial charge in [-0.2, -0.15) is 5.10 Å². The van der Waals surface area contributed by atoms with E-state index in [0.29, 0.717) is 45.9 Å². The maximum absolute atomic E-state index is 10.7. The second-order valence-corrected chi connectivity index (χ2v) is 7.31. The molecule has 1 aromatic heterocycles. The number of aromatic nitrogens is 2. The lowest BCUT2D eigenvalue weighted by molar-refractivity contribution is 0.304. The molecule has 0 fully saturated rings. The van der Waals surface area contributed by atoms with Crippen molar-refractivity contribution in [2.75, 3.05) is 7.11 Å². The minimum Gasteiger partial charge on any atom is -0.507 e. The van der Waals surface area contributed by atoms with Crippen LogP contribution in [0.1, 0.15) is 11.3 Å². The first kappa shape index (κ1) is 20.6. The lowest BCUT2D eigenvalue weighted by Crippen LogP contribution is -1.95. The molecule has 0 bridgehead atoms. The molecular formula is C24H21ClN2O4. The van der Waals surface area contributed by atoms with Gasteiger partial charge in [0.15, 0.2) is 17.2 Å². The molecule has 0 aliphatic rings. The Labute approximate surface area is 185 Å². The first-order valence-corrected chi connectivity index (χ1v) is 9.99. The second kappa shape index (κ2) is 9.02. The molecular weight excluding hydrogens is 416 g/mol. The molecule has 1 heterocycles. The van der Waals surface area contributed by atoms with Crippen LogP contribution in [0.15, 0.2) is 66.7 Å². The van der Waals surface area contributed by atoms with Gasteiger partial charge in [-0.15, -0.1) is 0 Å². The van der Waals surface area contributed by atoms with E-state index in [0.717, 1.165) is 11.3 Å². The molecule has 0 spiro atoms. The number of methoxy groups -OCH3 is 1. The van der Waals surface area contributed by atoms with Gasteiger partial charge >= 0.3 is 0 Å². The monoisotopic (exact) mass is 436 g/mol. The van der Waals surface area contributed by atoms with E-state index in [1.165, 1.54) is 0 Å². The highest BCUT2D eigenvalue weighted by Crippen LogP contribution is 2.41. The van der Waals surface area contributed by atoms with E-state index in [1.54, 1.807) is 25.3 Å². The van der Waals surface area contributed by atoms with Crippen molar-refractivity contribution >= 4 is 11.6 Å². The Morgan fingerprint density at radius 1 is 1.00 bits per heavy atom. The average Bonchev–Trinajstić information content (AvgIpc) is 3.13. The van der Waals surface area contributed by atoms with E-state index in [1.807, 2.05) is 55.5 Å². The zero-order valence-electron chi connectivity index (χ0n) is 17.1. The van der Waals surface area contributed by atoms with Crippen molar-refractivity contribution in [3.8, 4) is 40.0 Å². The smallest absolute Gasteiger partial charge is 0.176 e. The molecule has 3 aromatic carbocycles. The van der Waals surface area contributed by atoms with Crippen LogP contribution in [0.5, 0.6) is 28.7 Å². The van der Waals surface area contributed by atoms with Gasteiger partial charge in [0.05, 0.1) is 12.8 Å². The van der Waals surface area contributed by atoms with Gasteiger partial charge < -0.3 is 19.3 Å². The van der Waals surface area contributed by atoms with Crippen LogP contribution in [-0.4, -0.2) is 22.4 Å². The molecule has 158 valence electrons. The maximum atomic E-state index is 10.7. The third kappa shape index (κ3) is 4.59. The summed E-state index contributed by atoms with van der Waals surface area (Å²) in [6, 6.07) is 19.8. The Morgan fingerprint density at radius 3 is 2.55 bits per heavy atom. The molecule has 6 nitrogen and oxygen atoms in total. The fourth-order valence-electron chi connectivity index (χ4n) is 3.13. The molecule has 31 heavy (non-hydrogen) atoms. The number of rotatable bonds is 7. The summed E-state index contributed by atoms with van der Waals surface area (Å²) in [5.41, 5.74) is 2.67. The van der Waals surface area contributed by atoms with Gasteiger partial charge in [-0.3, -0.25) is 5.10 Å². The Hall–Kier alpha value is -3.64. The highest BCUT2D eigenvalue weighted by Gasteiger charge is 2.19. The SMILES string of the molecule is COc1ccccc1Oc1c(-c2ccc(OCc3cccc(Cl)c3)cc2O)n[nH]c1C. The molecule has 4 aromatic rings. The number of halogens is 1. The number of ether oxygens (including phenoxy) is 3. The number of hydrogen-bond acceptors (Lipinski definition) is 5. The summed E-state index contributed by atoms with van der Waals surface area (Å²) in [5.74, 6) is 2.22. The van der Waals surface area contributed by atoms with Crippen molar-refractivity contribution in [3.63, 3.8) is 0 Å². The van der Waals surface area contributed by atoms with Crippen molar-refractivity contribution in [2.45, 2.75) is 13.5 Å². The predicted molar refractivity (Wildman–Crippen MR) is 119 cm³/mol. The summed E-state index contributed by atoms with van der Waals surface area (Å²) in [5, 5.41) is 18.5. The van der Waals surface area contributed by atoms with Gasteiger partial charge in [-0.1, -0.05) is 35.9 Å². The van der Waals surface area contributed by atoms with Crippen LogP contribution in [0.25, 0.3) is 11.3 Å². The van der Waals surface area contributed by atoms with E-state index in [9.17, 15) is 5.11 Å². The minimum absolute atomic E-state index is 0.0278. The van der Waals surface area contributed by atoms with E-state index in [-0.39, 0.29) is 5.75 Å². The Morgan fingerprint density at radius 2 is 1.81 bits per heavy atom. The van der Waals surface area contributed by atoms with Crippen LogP contribution in [0.2, 0.25) is 5.02 Å². The second-order valence-electron chi connectivity index (χ2n) is 6.88. The van der Waals surface area contributed by atoms with Crippen LogP contribution < -0.4 is 14.2 Å². The molecule has 7 heteroatoms. The topological polar surface area (TPSA) is 76.6 Å². The molecule has 0 unspecified atom stereocenters. The van der Waals surface area contributed by atoms with Crippen LogP contribution in [0.4, 0.5) is 0 Å². The third-order valence-electron chi connectivity index (χ3n) is 4.69. The summed E-state index contributed by atoms with van der Waals surface area (Å²) >= 11 is 6.01. The molecule has 0 aliphatic carbocycles. The van der Waals surface area contributed by atoms with Crippen molar-refractivity contribution < 1.29 is 19.3 Å². The number of nitrogens with zero attached hydrogens (tertiary/aromatic N) is 1. The quantitative estimate of drug-likeness (QED) is 0.364. The molecule has 0 atom stereocenters. The number of phenolic OH excluding ortho intramolecular Hbond substituents is 1. The van der Waals surface area contributed by atoms with Crippen LogP contribution in [0.3, 0.4) is 0 Å². The summed E-state index contributed by atoms with van der Waals surface area (Å²) in [7, 11) is 1.58. The van der Waals surface area contributed by atoms with Gasteiger partial charge in [0.2, 0.25) is 0 Å². The molecule has 0 saturated heterocycles. The molecule has 0 saturated carbocycles. The maximum Gasteiger partial charge on any atom is 0.176 e. The molecule has 0 aliphatic heterocycles. The van der Waals surface area contributed by atoms with E-state index in [4.69, 9.17) is 25.8 Å². The number of para-hydroxylation sites is 2. The van der Waals surface area contributed by atoms with Crippen LogP contribution in [0, 0.1) is 6.92 Å². The number of aryl methyl sites for hydroxylation is 1. The highest BCUT2D eigenvalue weighted by molar-refractivity contribution is 6.30. The van der Waals surface area contributed by atoms with Crippen LogP contribution in [-0.2, 0) is 6.61 Å². The summed E-state index contributed by atoms with van der Waals surface area (Å²) in [6.45, 7) is 2.18. The number of aromatic hydroxyl groups is 1. The van der Waals surface area contributed by atoms with Crippen LogP contribution >= 0.6 is 11.6 Å². The Kier molecular flexibility index (Phi) is 6.00. The molecule has 4 rings (SSSR count). The van der Waals surface area contributed by atoms with E-state index < -0.39 is 0 Å². The van der Waals surface area contributed by atoms with Crippen molar-refractivity contribution in [3.05, 3.63) is 83.0 Å². The summed E-state index contributed by atoms with van der Waals surface area (Å²) in [4.78, 5) is 0. The number of H-pyrrole nitrogens is 1. The van der Waals surface area contributed by atoms with Gasteiger partial charge in [0.25, 0.3) is 0 Å². The highest BCUT2D eigenvalue weighted by atomic mass is 35.5. The fraction of sp³-hybridized carbons (Fsp3) is 0.125. The summed E-state index contributed by atoms with van der Waals surface area (Å²) in [6.07, 6.45) is 0. The van der Waals surface area contributed by atoms with Gasteiger partial charge in [0, 0.05) is 16.7 Å². The zero-order valence-corrected chi connectivity index (χ0v) is 17.8. The number of phenols is 1. The standard InChI is InChI=1S/C24H21ClN2O4/c1-15-24(31-22-9-4-3-8-21(22)29-2)23(27-26-15)19-11-10-18(13-20(19)28)30-14-16-6-5-7-17(25)12-16/h3-13,28H,14H2,1-2H3,(H,26,27). The largest absolute Gasteiger partial charge is 0.507 e. The first-order valence-electron chi connectivity index (χ1n) is 9.61. The molecule has 2 N–H and O–H groups in total. The molecule has 0 amide bonds. The number of aromatic amines is 1. The van der Waals surface area contributed by atoms with Gasteiger partial charge in [-0.05, 0) is 48.9 Å². The number of nitrogens with one attached hydrogen (secondary N) is 1. The number of benzene rings is 3. The van der Waals surface area contributed by atoms with E-state index in [2.05, 4.69) is 10.2 Å². The Balaban J connectivity index is 1.57. The summed E-state index contributed by atoms with van der Waals surface area (Å²) < 4.78 is 17.2. The Bertz CT molecular complexity index is 1210. The lowest BCUT2D eigenvalue weighted by Gasteiger charge is -2.12. The lowest BCUT2D eigenvalue weighted by atomic mass is 10.1. The van der Waals surface area contributed by atoms with Gasteiger partial charge in [-0.25, -0.2) is 0 Å².